The van der Waals surface area contributed by atoms with Crippen molar-refractivity contribution in [1.29, 1.82) is 0 Å². The van der Waals surface area contributed by atoms with Gasteiger partial charge in [-0.3, -0.25) is 4.79 Å². The highest BCUT2D eigenvalue weighted by Gasteiger charge is 2.33. The fourth-order valence-electron chi connectivity index (χ4n) is 1.99. The summed E-state index contributed by atoms with van der Waals surface area (Å²) in [5.74, 6) is -2.41. The van der Waals surface area contributed by atoms with E-state index in [4.69, 9.17) is 16.7 Å². The lowest BCUT2D eigenvalue weighted by molar-refractivity contribution is -0.119. The maximum Gasteiger partial charge on any atom is 0.335 e. The van der Waals surface area contributed by atoms with Crippen molar-refractivity contribution in [2.75, 3.05) is 16.8 Å². The number of nitrogens with one attached hydrogen (secondary N) is 1. The predicted molar refractivity (Wildman–Crippen MR) is 73.8 cm³/mol. The van der Waals surface area contributed by atoms with Gasteiger partial charge in [-0.25, -0.2) is 13.2 Å². The van der Waals surface area contributed by atoms with Crippen molar-refractivity contribution in [3.05, 3.63) is 28.8 Å². The number of hydrogen-bond acceptors (Lipinski definition) is 4. The molecule has 0 aliphatic carbocycles. The van der Waals surface area contributed by atoms with Crippen LogP contribution in [-0.4, -0.2) is 36.9 Å². The van der Waals surface area contributed by atoms with E-state index in [9.17, 15) is 18.0 Å². The molecule has 8 heteroatoms. The van der Waals surface area contributed by atoms with E-state index < -0.39 is 27.6 Å². The van der Waals surface area contributed by atoms with Gasteiger partial charge in [0, 0.05) is 0 Å². The molecule has 1 aliphatic rings. The van der Waals surface area contributed by atoms with E-state index in [0.717, 1.165) is 0 Å². The molecule has 1 aromatic rings. The van der Waals surface area contributed by atoms with E-state index in [-0.39, 0.29) is 34.2 Å². The lowest BCUT2D eigenvalue weighted by Crippen LogP contribution is -2.24. The van der Waals surface area contributed by atoms with Crippen LogP contribution in [-0.2, 0) is 14.6 Å². The fraction of sp³-hybridized carbons (Fsp3) is 0.333. The van der Waals surface area contributed by atoms with E-state index in [1.54, 1.807) is 0 Å². The highest BCUT2D eigenvalue weighted by Crippen LogP contribution is 2.26. The molecular formula is C12H12ClNO5S. The molecule has 1 aromatic carbocycles. The van der Waals surface area contributed by atoms with Crippen molar-refractivity contribution in [2.24, 2.45) is 5.92 Å². The van der Waals surface area contributed by atoms with E-state index in [0.29, 0.717) is 0 Å². The van der Waals surface area contributed by atoms with Crippen LogP contribution in [0.3, 0.4) is 0 Å². The van der Waals surface area contributed by atoms with E-state index in [1.165, 1.54) is 18.2 Å². The lowest BCUT2D eigenvalue weighted by Gasteiger charge is -2.11. The molecule has 1 saturated heterocycles. The molecular weight excluding hydrogens is 306 g/mol. The Hall–Kier alpha value is -1.60. The number of hydrogen-bond donors (Lipinski definition) is 2. The second kappa shape index (κ2) is 5.41. The number of carboxylic acids is 1. The minimum absolute atomic E-state index is 0.00597. The van der Waals surface area contributed by atoms with Crippen LogP contribution in [0.4, 0.5) is 5.69 Å². The first kappa shape index (κ1) is 14.8. The van der Waals surface area contributed by atoms with Gasteiger partial charge in [0.05, 0.1) is 33.7 Å². The molecule has 2 rings (SSSR count). The zero-order valence-corrected chi connectivity index (χ0v) is 11.9. The third-order valence-corrected chi connectivity index (χ3v) is 5.17. The van der Waals surface area contributed by atoms with Gasteiger partial charge in [0.15, 0.2) is 9.84 Å². The van der Waals surface area contributed by atoms with Crippen LogP contribution < -0.4 is 5.32 Å². The zero-order chi connectivity index (χ0) is 14.9. The van der Waals surface area contributed by atoms with Gasteiger partial charge in [0.1, 0.15) is 0 Å². The van der Waals surface area contributed by atoms with Gasteiger partial charge in [0.25, 0.3) is 0 Å². The van der Waals surface area contributed by atoms with Crippen molar-refractivity contribution in [1.82, 2.24) is 0 Å². The molecule has 1 heterocycles. The number of sulfone groups is 1. The predicted octanol–water partition coefficient (Wildman–Crippen LogP) is 1.41. The number of aromatic carboxylic acids is 1. The molecule has 0 radical (unpaired) electrons. The van der Waals surface area contributed by atoms with E-state index in [1.807, 2.05) is 0 Å². The summed E-state index contributed by atoms with van der Waals surface area (Å²) in [6.45, 7) is 0. The molecule has 0 spiro atoms. The number of amides is 1. The Morgan fingerprint density at radius 1 is 1.35 bits per heavy atom. The monoisotopic (exact) mass is 317 g/mol. The van der Waals surface area contributed by atoms with Crippen LogP contribution in [0.5, 0.6) is 0 Å². The molecule has 0 saturated carbocycles. The van der Waals surface area contributed by atoms with Crippen LogP contribution in [0.25, 0.3) is 0 Å². The number of carbonyl (C=O) groups excluding carboxylic acids is 1. The minimum Gasteiger partial charge on any atom is -0.478 e. The van der Waals surface area contributed by atoms with Gasteiger partial charge in [-0.15, -0.1) is 0 Å². The van der Waals surface area contributed by atoms with E-state index >= 15 is 0 Å². The summed E-state index contributed by atoms with van der Waals surface area (Å²) >= 11 is 5.88. The van der Waals surface area contributed by atoms with Gasteiger partial charge in [-0.05, 0) is 24.6 Å². The third kappa shape index (κ3) is 3.29. The number of benzene rings is 1. The first-order valence-corrected chi connectivity index (χ1v) is 8.02. The normalized spacial score (nSPS) is 20.6. The molecule has 108 valence electrons. The Labute approximate surface area is 120 Å². The topological polar surface area (TPSA) is 101 Å². The summed E-state index contributed by atoms with van der Waals surface area (Å²) in [6.07, 6.45) is 0.268. The quantitative estimate of drug-likeness (QED) is 0.878. The smallest absolute Gasteiger partial charge is 0.335 e. The average molecular weight is 318 g/mol. The number of rotatable bonds is 3. The summed E-state index contributed by atoms with van der Waals surface area (Å²) in [5.41, 5.74) is 0.157. The second-order valence-corrected chi connectivity index (χ2v) is 7.22. The summed E-state index contributed by atoms with van der Waals surface area (Å²) in [5, 5.41) is 11.6. The van der Waals surface area contributed by atoms with Gasteiger partial charge < -0.3 is 10.4 Å². The molecule has 1 aliphatic heterocycles. The van der Waals surface area contributed by atoms with E-state index in [2.05, 4.69) is 5.32 Å². The van der Waals surface area contributed by atoms with Crippen molar-refractivity contribution < 1.29 is 23.1 Å². The maximum absolute atomic E-state index is 12.0. The van der Waals surface area contributed by atoms with Gasteiger partial charge >= 0.3 is 5.97 Å². The van der Waals surface area contributed by atoms with Gasteiger partial charge in [-0.1, -0.05) is 11.6 Å². The molecule has 1 fully saturated rings. The number of carbonyl (C=O) groups is 2. The standard InChI is InChI=1S/C12H12ClNO5S/c13-9-2-1-7(12(16)17)5-10(9)14-11(15)8-3-4-20(18,19)6-8/h1-2,5,8H,3-4,6H2,(H,14,15)(H,16,17). The Balaban J connectivity index is 2.16. The molecule has 6 nitrogen and oxygen atoms in total. The Kier molecular flexibility index (Phi) is 4.01. The molecule has 1 unspecified atom stereocenters. The van der Waals surface area contributed by atoms with Crippen molar-refractivity contribution >= 4 is 39.0 Å². The third-order valence-electron chi connectivity index (χ3n) is 3.07. The van der Waals surface area contributed by atoms with Crippen molar-refractivity contribution in [3.63, 3.8) is 0 Å². The van der Waals surface area contributed by atoms with Crippen LogP contribution in [0.15, 0.2) is 18.2 Å². The summed E-state index contributed by atoms with van der Waals surface area (Å²) < 4.78 is 22.6. The second-order valence-electron chi connectivity index (χ2n) is 4.59. The molecule has 0 aromatic heterocycles. The zero-order valence-electron chi connectivity index (χ0n) is 10.3. The molecule has 20 heavy (non-hydrogen) atoms. The van der Waals surface area contributed by atoms with Gasteiger partial charge in [-0.2, -0.15) is 0 Å². The van der Waals surface area contributed by atoms with Crippen LogP contribution in [0.2, 0.25) is 5.02 Å². The number of halogens is 1. The van der Waals surface area contributed by atoms with Crippen molar-refractivity contribution in [3.8, 4) is 0 Å². The molecule has 1 amide bonds. The van der Waals surface area contributed by atoms with Crippen LogP contribution in [0, 0.1) is 5.92 Å². The SMILES string of the molecule is O=C(O)c1ccc(Cl)c(NC(=O)C2CCS(=O)(=O)C2)c1. The lowest BCUT2D eigenvalue weighted by atomic mass is 10.1. The fourth-order valence-corrected chi connectivity index (χ4v) is 3.90. The number of carboxylic acid groups (broad SMARTS) is 1. The summed E-state index contributed by atoms with van der Waals surface area (Å²) in [4.78, 5) is 22.8. The van der Waals surface area contributed by atoms with Crippen LogP contribution >= 0.6 is 11.6 Å². The first-order valence-electron chi connectivity index (χ1n) is 5.82. The Bertz CT molecular complexity index is 670. The van der Waals surface area contributed by atoms with Crippen molar-refractivity contribution in [2.45, 2.75) is 6.42 Å². The summed E-state index contributed by atoms with van der Waals surface area (Å²) in [7, 11) is -3.15. The summed E-state index contributed by atoms with van der Waals surface area (Å²) in [6, 6.07) is 3.93. The Morgan fingerprint density at radius 3 is 2.60 bits per heavy atom. The Morgan fingerprint density at radius 2 is 2.05 bits per heavy atom. The highest BCUT2D eigenvalue weighted by molar-refractivity contribution is 7.91. The maximum atomic E-state index is 12.0. The first-order chi connectivity index (χ1) is 9.28. The number of anilines is 1. The van der Waals surface area contributed by atoms with Gasteiger partial charge in [0.2, 0.25) is 5.91 Å². The largest absolute Gasteiger partial charge is 0.478 e. The molecule has 2 N–H and O–H groups in total. The highest BCUT2D eigenvalue weighted by atomic mass is 35.5. The molecule has 0 bridgehead atoms. The van der Waals surface area contributed by atoms with Crippen LogP contribution in [0.1, 0.15) is 16.8 Å². The average Bonchev–Trinajstić information content (AvgIpc) is 2.72. The molecule has 1 atom stereocenters. The minimum atomic E-state index is -3.15.